The lowest BCUT2D eigenvalue weighted by Gasteiger charge is -2.14. The summed E-state index contributed by atoms with van der Waals surface area (Å²) in [5.74, 6) is 0.0664. The Labute approximate surface area is 105 Å². The van der Waals surface area contributed by atoms with Gasteiger partial charge in [0.1, 0.15) is 0 Å². The fourth-order valence-electron chi connectivity index (χ4n) is 2.22. The molecule has 4 nitrogen and oxygen atoms in total. The van der Waals surface area contributed by atoms with E-state index in [0.29, 0.717) is 25.1 Å². The second kappa shape index (κ2) is 4.22. The second-order valence-corrected chi connectivity index (χ2v) is 4.46. The Bertz CT molecular complexity index is 613. The smallest absolute Gasteiger partial charge is 0.185 e. The number of nitrogens with zero attached hydrogens (tertiary/aromatic N) is 3. The summed E-state index contributed by atoms with van der Waals surface area (Å²) >= 11 is 0. The molecule has 90 valence electrons. The summed E-state index contributed by atoms with van der Waals surface area (Å²) in [4.78, 5) is 11.7. The first-order valence-electron chi connectivity index (χ1n) is 5.94. The normalized spacial score (nSPS) is 14.7. The highest BCUT2D eigenvalue weighted by Gasteiger charge is 2.26. The first-order valence-corrected chi connectivity index (χ1v) is 5.94. The van der Waals surface area contributed by atoms with Crippen LogP contribution >= 0.6 is 0 Å². The fraction of sp³-hybridized carbons (Fsp3) is 0.214. The number of carbonyl (C=O) groups is 1. The Balaban J connectivity index is 2.00. The van der Waals surface area contributed by atoms with Gasteiger partial charge < -0.3 is 0 Å². The van der Waals surface area contributed by atoms with Crippen LogP contribution in [0.2, 0.25) is 0 Å². The number of fused-ring (bicyclic) bond motifs is 1. The summed E-state index contributed by atoms with van der Waals surface area (Å²) < 4.78 is 1.77. The molecule has 0 fully saturated rings. The van der Waals surface area contributed by atoms with E-state index >= 15 is 0 Å². The molecule has 0 amide bonds. The molecule has 0 radical (unpaired) electrons. The highest BCUT2D eigenvalue weighted by atomic mass is 16.1. The van der Waals surface area contributed by atoms with Crippen molar-refractivity contribution in [2.45, 2.75) is 19.4 Å². The molecule has 0 atom stereocenters. The average Bonchev–Trinajstić information content (AvgIpc) is 2.80. The van der Waals surface area contributed by atoms with Gasteiger partial charge in [0.25, 0.3) is 0 Å². The van der Waals surface area contributed by atoms with Crippen molar-refractivity contribution < 1.29 is 4.79 Å². The van der Waals surface area contributed by atoms with Crippen LogP contribution in [0.25, 0.3) is 5.57 Å². The summed E-state index contributed by atoms with van der Waals surface area (Å²) in [6.45, 7) is 4.63. The number of benzene rings is 1. The van der Waals surface area contributed by atoms with Crippen molar-refractivity contribution in [1.29, 1.82) is 0 Å². The molecule has 0 saturated heterocycles. The van der Waals surface area contributed by atoms with Gasteiger partial charge in [-0.1, -0.05) is 42.1 Å². The number of allylic oxidation sites excluding steroid dienone is 1. The minimum absolute atomic E-state index is 0.0664. The fourth-order valence-corrected chi connectivity index (χ4v) is 2.22. The highest BCUT2D eigenvalue weighted by Crippen LogP contribution is 2.28. The van der Waals surface area contributed by atoms with E-state index in [9.17, 15) is 4.79 Å². The van der Waals surface area contributed by atoms with Crippen LogP contribution < -0.4 is 0 Å². The van der Waals surface area contributed by atoms with E-state index in [4.69, 9.17) is 0 Å². The number of hydrogen-bond donors (Lipinski definition) is 0. The first kappa shape index (κ1) is 10.9. The van der Waals surface area contributed by atoms with Crippen molar-refractivity contribution in [2.24, 2.45) is 0 Å². The van der Waals surface area contributed by atoms with Gasteiger partial charge in [0.05, 0.1) is 12.2 Å². The van der Waals surface area contributed by atoms with Crippen molar-refractivity contribution in [1.82, 2.24) is 15.0 Å². The van der Waals surface area contributed by atoms with Crippen LogP contribution in [0.1, 0.15) is 34.6 Å². The van der Waals surface area contributed by atoms with Crippen LogP contribution in [-0.4, -0.2) is 20.8 Å². The van der Waals surface area contributed by atoms with Crippen LogP contribution in [0.15, 0.2) is 36.9 Å². The van der Waals surface area contributed by atoms with Gasteiger partial charge in [-0.25, -0.2) is 4.68 Å². The van der Waals surface area contributed by atoms with Gasteiger partial charge in [0.15, 0.2) is 11.5 Å². The van der Waals surface area contributed by atoms with E-state index in [1.807, 2.05) is 30.3 Å². The predicted molar refractivity (Wildman–Crippen MR) is 68.2 cm³/mol. The van der Waals surface area contributed by atoms with Crippen LogP contribution in [-0.2, 0) is 6.54 Å². The third-order valence-electron chi connectivity index (χ3n) is 3.16. The first-order chi connectivity index (χ1) is 8.75. The third kappa shape index (κ3) is 1.76. The predicted octanol–water partition coefficient (Wildman–Crippen LogP) is 2.32. The van der Waals surface area contributed by atoms with E-state index < -0.39 is 0 Å². The van der Waals surface area contributed by atoms with Gasteiger partial charge in [0, 0.05) is 6.42 Å². The number of Topliss-reactive ketones (excluding diaryl/α,β-unsaturated/α-hetero) is 1. The Morgan fingerprint density at radius 2 is 2.00 bits per heavy atom. The number of ketones is 1. The lowest BCUT2D eigenvalue weighted by molar-refractivity contribution is 0.0975. The molecule has 4 heteroatoms. The maximum absolute atomic E-state index is 11.7. The molecule has 1 aliphatic carbocycles. The Morgan fingerprint density at radius 1 is 1.22 bits per heavy atom. The van der Waals surface area contributed by atoms with Gasteiger partial charge in [-0.3, -0.25) is 4.79 Å². The van der Waals surface area contributed by atoms with Crippen LogP contribution in [0, 0.1) is 0 Å². The standard InChI is InChI=1S/C14H13N3O/c1-10-7-8-12(18)13-14(10)17(16-15-13)9-11-5-3-2-4-6-11/h2-6H,1,7-9H2. The van der Waals surface area contributed by atoms with Crippen LogP contribution in [0.4, 0.5) is 0 Å². The van der Waals surface area contributed by atoms with E-state index in [1.54, 1.807) is 4.68 Å². The number of aromatic nitrogens is 3. The summed E-state index contributed by atoms with van der Waals surface area (Å²) in [6, 6.07) is 10.0. The molecule has 1 heterocycles. The molecule has 1 aromatic heterocycles. The minimum atomic E-state index is 0.0664. The Hall–Kier alpha value is -2.23. The average molecular weight is 239 g/mol. The maximum atomic E-state index is 11.7. The second-order valence-electron chi connectivity index (χ2n) is 4.46. The zero-order valence-corrected chi connectivity index (χ0v) is 9.97. The SMILES string of the molecule is C=C1CCC(=O)c2nnn(Cc3ccccc3)c21. The number of hydrogen-bond acceptors (Lipinski definition) is 3. The number of rotatable bonds is 2. The summed E-state index contributed by atoms with van der Waals surface area (Å²) in [7, 11) is 0. The molecule has 0 spiro atoms. The largest absolute Gasteiger partial charge is 0.292 e. The molecule has 0 unspecified atom stereocenters. The maximum Gasteiger partial charge on any atom is 0.185 e. The van der Waals surface area contributed by atoms with Crippen LogP contribution in [0.5, 0.6) is 0 Å². The van der Waals surface area contributed by atoms with Crippen LogP contribution in [0.3, 0.4) is 0 Å². The zero-order chi connectivity index (χ0) is 12.5. The van der Waals surface area contributed by atoms with Crippen molar-refractivity contribution in [2.75, 3.05) is 0 Å². The topological polar surface area (TPSA) is 47.8 Å². The van der Waals surface area contributed by atoms with Gasteiger partial charge in [-0.15, -0.1) is 5.10 Å². The van der Waals surface area contributed by atoms with Gasteiger partial charge in [0.2, 0.25) is 0 Å². The van der Waals surface area contributed by atoms with Gasteiger partial charge in [-0.2, -0.15) is 0 Å². The quantitative estimate of drug-likeness (QED) is 0.808. The van der Waals surface area contributed by atoms with E-state index in [1.165, 1.54) is 0 Å². The molecule has 3 rings (SSSR count). The lowest BCUT2D eigenvalue weighted by Crippen LogP contribution is -2.13. The monoisotopic (exact) mass is 239 g/mol. The van der Waals surface area contributed by atoms with E-state index in [2.05, 4.69) is 16.9 Å². The number of carbonyl (C=O) groups excluding carboxylic acids is 1. The minimum Gasteiger partial charge on any atom is -0.292 e. The Morgan fingerprint density at radius 3 is 2.78 bits per heavy atom. The zero-order valence-electron chi connectivity index (χ0n) is 9.97. The molecule has 0 saturated carbocycles. The molecular weight excluding hydrogens is 226 g/mol. The molecule has 2 aromatic rings. The van der Waals surface area contributed by atoms with Crippen molar-refractivity contribution in [3.05, 3.63) is 53.9 Å². The third-order valence-corrected chi connectivity index (χ3v) is 3.16. The molecule has 0 N–H and O–H groups in total. The highest BCUT2D eigenvalue weighted by molar-refractivity contribution is 6.01. The van der Waals surface area contributed by atoms with Crippen molar-refractivity contribution in [3.8, 4) is 0 Å². The van der Waals surface area contributed by atoms with Crippen molar-refractivity contribution in [3.63, 3.8) is 0 Å². The van der Waals surface area contributed by atoms with Crippen molar-refractivity contribution >= 4 is 11.4 Å². The molecule has 1 aliphatic rings. The molecule has 18 heavy (non-hydrogen) atoms. The summed E-state index contributed by atoms with van der Waals surface area (Å²) in [5.41, 5.74) is 3.36. The molecule has 0 aliphatic heterocycles. The molecular formula is C14H13N3O. The van der Waals surface area contributed by atoms with Gasteiger partial charge in [-0.05, 0) is 17.6 Å². The molecule has 0 bridgehead atoms. The summed E-state index contributed by atoms with van der Waals surface area (Å²) in [5, 5.41) is 8.07. The van der Waals surface area contributed by atoms with Gasteiger partial charge >= 0.3 is 0 Å². The van der Waals surface area contributed by atoms with E-state index in [-0.39, 0.29) is 5.78 Å². The Kier molecular flexibility index (Phi) is 2.55. The lowest BCUT2D eigenvalue weighted by atomic mass is 9.95. The summed E-state index contributed by atoms with van der Waals surface area (Å²) in [6.07, 6.45) is 1.20. The van der Waals surface area contributed by atoms with E-state index in [0.717, 1.165) is 16.8 Å². The molecule has 1 aromatic carbocycles.